The molecule has 0 atom stereocenters. The number of aromatic hydroxyl groups is 1. The van der Waals surface area contributed by atoms with E-state index in [1.54, 1.807) is 6.08 Å². The van der Waals surface area contributed by atoms with E-state index in [4.69, 9.17) is 23.2 Å². The number of fused-ring (bicyclic) bond motifs is 1. The van der Waals surface area contributed by atoms with Crippen molar-refractivity contribution < 1.29 is 14.7 Å². The lowest BCUT2D eigenvalue weighted by Gasteiger charge is -2.11. The number of hydrogen-bond acceptors (Lipinski definition) is 9. The predicted octanol–water partition coefficient (Wildman–Crippen LogP) is 2.98. The molecule has 9 nitrogen and oxygen atoms in total. The van der Waals surface area contributed by atoms with Crippen LogP contribution in [-0.2, 0) is 11.3 Å². The predicted molar refractivity (Wildman–Crippen MR) is 102 cm³/mol. The smallest absolute Gasteiger partial charge is 0.293 e. The lowest BCUT2D eigenvalue weighted by molar-refractivity contribution is -0.123. The number of rotatable bonds is 3. The molecule has 0 unspecified atom stereocenters. The normalized spacial score (nSPS) is 17.3. The van der Waals surface area contributed by atoms with Crippen LogP contribution in [0.2, 0.25) is 10.3 Å². The molecule has 1 aromatic heterocycles. The standard InChI is InChI=1S/C15H10Cl2N6O3S/c16-12-11(24)13(17)19-10(18-12)5-23-14(25)9(27-15(23)26)4-6-1-2-7-8(3-6)21-22-20-7/h1-4,20-22,24H,5H2/b9-4-. The molecule has 1 saturated heterocycles. The second-order valence-corrected chi connectivity index (χ2v) is 7.23. The Labute approximate surface area is 166 Å². The Kier molecular flexibility index (Phi) is 4.56. The number of carbonyl (C=O) groups excluding carboxylic acids is 2. The number of carbonyl (C=O) groups is 2. The molecule has 0 bridgehead atoms. The van der Waals surface area contributed by atoms with Gasteiger partial charge in [0.15, 0.2) is 21.9 Å². The van der Waals surface area contributed by atoms with E-state index in [9.17, 15) is 14.7 Å². The summed E-state index contributed by atoms with van der Waals surface area (Å²) in [7, 11) is 0. The van der Waals surface area contributed by atoms with Crippen LogP contribution in [0.5, 0.6) is 5.75 Å². The molecule has 4 N–H and O–H groups in total. The third-order valence-corrected chi connectivity index (χ3v) is 5.19. The first-order valence-corrected chi connectivity index (χ1v) is 9.07. The Hall–Kier alpha value is -2.53. The van der Waals surface area contributed by atoms with Gasteiger partial charge >= 0.3 is 0 Å². The van der Waals surface area contributed by atoms with Gasteiger partial charge in [-0.1, -0.05) is 29.3 Å². The van der Waals surface area contributed by atoms with Crippen molar-refractivity contribution >= 4 is 63.6 Å². The van der Waals surface area contributed by atoms with Crippen LogP contribution in [0.3, 0.4) is 0 Å². The van der Waals surface area contributed by atoms with Crippen molar-refractivity contribution in [2.24, 2.45) is 0 Å². The van der Waals surface area contributed by atoms with E-state index in [0.717, 1.165) is 33.6 Å². The monoisotopic (exact) mass is 424 g/mol. The van der Waals surface area contributed by atoms with Gasteiger partial charge in [0.25, 0.3) is 11.1 Å². The minimum absolute atomic E-state index is 0.0465. The van der Waals surface area contributed by atoms with E-state index in [1.165, 1.54) is 0 Å². The zero-order valence-corrected chi connectivity index (χ0v) is 15.6. The molecule has 0 saturated carbocycles. The summed E-state index contributed by atoms with van der Waals surface area (Å²) in [5, 5.41) is 8.55. The highest BCUT2D eigenvalue weighted by molar-refractivity contribution is 8.18. The van der Waals surface area contributed by atoms with Crippen LogP contribution in [0.4, 0.5) is 16.2 Å². The molecule has 2 aliphatic heterocycles. The van der Waals surface area contributed by atoms with Crippen molar-refractivity contribution in [1.82, 2.24) is 20.4 Å². The molecule has 27 heavy (non-hydrogen) atoms. The number of hydrazine groups is 2. The molecular formula is C15H10Cl2N6O3S. The minimum Gasteiger partial charge on any atom is -0.503 e. The molecule has 2 aromatic rings. The van der Waals surface area contributed by atoms with Crippen molar-refractivity contribution in [1.29, 1.82) is 0 Å². The Balaban J connectivity index is 1.57. The second kappa shape index (κ2) is 6.89. The van der Waals surface area contributed by atoms with E-state index in [1.807, 2.05) is 18.2 Å². The van der Waals surface area contributed by atoms with Crippen molar-refractivity contribution in [3.8, 4) is 5.75 Å². The number of halogens is 2. The molecular weight excluding hydrogens is 415 g/mol. The minimum atomic E-state index is -0.473. The van der Waals surface area contributed by atoms with Crippen LogP contribution < -0.4 is 16.4 Å². The zero-order chi connectivity index (χ0) is 19.1. The lowest BCUT2D eigenvalue weighted by atomic mass is 10.1. The van der Waals surface area contributed by atoms with E-state index in [2.05, 4.69) is 26.4 Å². The van der Waals surface area contributed by atoms with E-state index in [0.29, 0.717) is 0 Å². The van der Waals surface area contributed by atoms with Crippen LogP contribution >= 0.6 is 35.0 Å². The average molecular weight is 425 g/mol. The first-order valence-electron chi connectivity index (χ1n) is 7.49. The molecule has 1 fully saturated rings. The quantitative estimate of drug-likeness (QED) is 0.435. The molecule has 2 aliphatic rings. The van der Waals surface area contributed by atoms with E-state index in [-0.39, 0.29) is 27.6 Å². The Morgan fingerprint density at radius 1 is 1.15 bits per heavy atom. The van der Waals surface area contributed by atoms with Crippen LogP contribution in [0.25, 0.3) is 6.08 Å². The zero-order valence-electron chi connectivity index (χ0n) is 13.3. The topological polar surface area (TPSA) is 119 Å². The van der Waals surface area contributed by atoms with Crippen LogP contribution in [0.1, 0.15) is 11.4 Å². The fourth-order valence-electron chi connectivity index (χ4n) is 2.47. The van der Waals surface area contributed by atoms with E-state index < -0.39 is 16.9 Å². The average Bonchev–Trinajstić information content (AvgIpc) is 3.19. The van der Waals surface area contributed by atoms with Gasteiger partial charge in [0, 0.05) is 0 Å². The molecule has 4 rings (SSSR count). The van der Waals surface area contributed by atoms with Crippen molar-refractivity contribution in [3.63, 3.8) is 0 Å². The maximum absolute atomic E-state index is 12.6. The number of nitrogens with one attached hydrogen (secondary N) is 3. The van der Waals surface area contributed by atoms with Crippen LogP contribution in [0.15, 0.2) is 23.1 Å². The summed E-state index contributed by atoms with van der Waals surface area (Å²) in [6.45, 7) is -0.207. The molecule has 0 radical (unpaired) electrons. The first kappa shape index (κ1) is 17.9. The third-order valence-electron chi connectivity index (χ3n) is 3.75. The Morgan fingerprint density at radius 3 is 2.59 bits per heavy atom. The van der Waals surface area contributed by atoms with Gasteiger partial charge in [0.1, 0.15) is 0 Å². The highest BCUT2D eigenvalue weighted by Crippen LogP contribution is 2.35. The fraction of sp³-hybridized carbons (Fsp3) is 0.0667. The van der Waals surface area contributed by atoms with Gasteiger partial charge in [0.2, 0.25) is 0 Å². The van der Waals surface area contributed by atoms with Crippen molar-refractivity contribution in [3.05, 3.63) is 44.8 Å². The largest absolute Gasteiger partial charge is 0.503 e. The van der Waals surface area contributed by atoms with Gasteiger partial charge in [-0.3, -0.25) is 14.5 Å². The summed E-state index contributed by atoms with van der Waals surface area (Å²) in [6, 6.07) is 5.49. The molecule has 12 heteroatoms. The fourth-order valence-corrected chi connectivity index (χ4v) is 3.73. The summed E-state index contributed by atoms with van der Waals surface area (Å²) in [5.74, 6) is -0.880. The lowest BCUT2D eigenvalue weighted by Crippen LogP contribution is -2.28. The van der Waals surface area contributed by atoms with Gasteiger partial charge in [-0.25, -0.2) is 9.97 Å². The maximum Gasteiger partial charge on any atom is 0.293 e. The van der Waals surface area contributed by atoms with Crippen molar-refractivity contribution in [2.75, 3.05) is 10.9 Å². The number of aromatic nitrogens is 2. The number of hydrogen-bond donors (Lipinski definition) is 4. The number of nitrogens with zero attached hydrogens (tertiary/aromatic N) is 3. The number of benzene rings is 1. The Bertz CT molecular complexity index is 992. The summed E-state index contributed by atoms with van der Waals surface area (Å²) >= 11 is 12.3. The van der Waals surface area contributed by atoms with E-state index >= 15 is 0 Å². The van der Waals surface area contributed by atoms with Crippen molar-refractivity contribution in [2.45, 2.75) is 6.54 Å². The van der Waals surface area contributed by atoms with Crippen LogP contribution in [0, 0.1) is 0 Å². The summed E-state index contributed by atoms with van der Waals surface area (Å²) < 4.78 is 0. The number of thioether (sulfide) groups is 1. The summed E-state index contributed by atoms with van der Waals surface area (Å²) in [6.07, 6.45) is 1.63. The number of imide groups is 1. The van der Waals surface area contributed by atoms with Gasteiger partial charge in [-0.15, -0.1) is 5.53 Å². The maximum atomic E-state index is 12.6. The number of anilines is 2. The van der Waals surface area contributed by atoms with Gasteiger partial charge in [-0.05, 0) is 35.5 Å². The summed E-state index contributed by atoms with van der Waals surface area (Å²) in [4.78, 5) is 33.8. The Morgan fingerprint density at radius 2 is 1.85 bits per heavy atom. The number of amides is 2. The molecule has 1 aromatic carbocycles. The third kappa shape index (κ3) is 3.39. The van der Waals surface area contributed by atoms with Crippen LogP contribution in [-0.4, -0.2) is 31.1 Å². The van der Waals surface area contributed by atoms with Gasteiger partial charge < -0.3 is 16.0 Å². The first-order chi connectivity index (χ1) is 12.9. The highest BCUT2D eigenvalue weighted by atomic mass is 35.5. The molecule has 0 spiro atoms. The molecule has 3 heterocycles. The molecule has 0 aliphatic carbocycles. The van der Waals surface area contributed by atoms with Gasteiger partial charge in [0.05, 0.1) is 22.8 Å². The molecule has 2 amide bonds. The highest BCUT2D eigenvalue weighted by Gasteiger charge is 2.36. The SMILES string of the molecule is O=C1S/C(=C\c2ccc3c(c2)NNN3)C(=O)N1Cc1nc(Cl)c(O)c(Cl)n1. The molecule has 138 valence electrons. The summed E-state index contributed by atoms with van der Waals surface area (Å²) in [5.41, 5.74) is 11.0. The van der Waals surface area contributed by atoms with Gasteiger partial charge in [-0.2, -0.15) is 0 Å². The second-order valence-electron chi connectivity index (χ2n) is 5.52.